The Labute approximate surface area is 114 Å². The Morgan fingerprint density at radius 2 is 2.37 bits per heavy atom. The lowest BCUT2D eigenvalue weighted by Gasteiger charge is -2.11. The topological polar surface area (TPSA) is 73.2 Å². The molecule has 0 bridgehead atoms. The first-order valence-electron chi connectivity index (χ1n) is 6.46. The van der Waals surface area contributed by atoms with Gasteiger partial charge in [0.1, 0.15) is 0 Å². The number of methoxy groups -OCH3 is 1. The quantitative estimate of drug-likeness (QED) is 0.761. The van der Waals surface area contributed by atoms with Crippen molar-refractivity contribution < 1.29 is 13.2 Å². The molecule has 19 heavy (non-hydrogen) atoms. The third-order valence-corrected chi connectivity index (χ3v) is 5.25. The fraction of sp³-hybridized carbons (Fsp3) is 0.750. The third-order valence-electron chi connectivity index (χ3n) is 3.50. The minimum absolute atomic E-state index is 0.00211. The highest BCUT2D eigenvalue weighted by Gasteiger charge is 2.30. The summed E-state index contributed by atoms with van der Waals surface area (Å²) in [6, 6.07) is -0.00211. The molecule has 2 heterocycles. The summed E-state index contributed by atoms with van der Waals surface area (Å²) in [5.41, 5.74) is 2.16. The molecule has 7 heteroatoms. The van der Waals surface area contributed by atoms with Gasteiger partial charge < -0.3 is 10.1 Å². The first kappa shape index (κ1) is 14.5. The highest BCUT2D eigenvalue weighted by Crippen LogP contribution is 2.25. The molecule has 0 aromatic carbocycles. The summed E-state index contributed by atoms with van der Waals surface area (Å²) >= 11 is 0. The summed E-state index contributed by atoms with van der Waals surface area (Å²) in [6.45, 7) is 4.19. The van der Waals surface area contributed by atoms with E-state index >= 15 is 0 Å². The smallest absolute Gasteiger partial charge is 0.152 e. The van der Waals surface area contributed by atoms with Gasteiger partial charge in [0.25, 0.3) is 0 Å². The molecule has 2 rings (SSSR count). The molecule has 1 N–H and O–H groups in total. The van der Waals surface area contributed by atoms with E-state index in [4.69, 9.17) is 4.74 Å². The number of rotatable bonds is 6. The average Bonchev–Trinajstić information content (AvgIpc) is 2.89. The van der Waals surface area contributed by atoms with E-state index in [2.05, 4.69) is 10.4 Å². The molecule has 1 aliphatic rings. The van der Waals surface area contributed by atoms with Crippen molar-refractivity contribution >= 4 is 9.84 Å². The summed E-state index contributed by atoms with van der Waals surface area (Å²) < 4.78 is 29.8. The number of aromatic nitrogens is 2. The second-order valence-electron chi connectivity index (χ2n) is 4.93. The predicted octanol–water partition coefficient (Wildman–Crippen LogP) is 0.287. The molecule has 108 valence electrons. The van der Waals surface area contributed by atoms with Crippen LogP contribution < -0.4 is 5.32 Å². The normalized spacial score (nSPS) is 21.9. The lowest BCUT2D eigenvalue weighted by molar-refractivity contribution is 0.199. The molecule has 1 saturated heterocycles. The Kier molecular flexibility index (Phi) is 4.59. The van der Waals surface area contributed by atoms with Crippen molar-refractivity contribution in [1.29, 1.82) is 0 Å². The van der Waals surface area contributed by atoms with Crippen molar-refractivity contribution in [3.63, 3.8) is 0 Å². The molecule has 1 aromatic rings. The molecule has 1 atom stereocenters. The van der Waals surface area contributed by atoms with E-state index in [9.17, 15) is 8.42 Å². The number of ether oxygens (including phenoxy) is 1. The van der Waals surface area contributed by atoms with Gasteiger partial charge in [0.2, 0.25) is 0 Å². The van der Waals surface area contributed by atoms with Crippen molar-refractivity contribution in [2.24, 2.45) is 0 Å². The average molecular weight is 287 g/mol. The monoisotopic (exact) mass is 287 g/mol. The van der Waals surface area contributed by atoms with E-state index in [1.807, 2.05) is 17.8 Å². The second kappa shape index (κ2) is 6.02. The van der Waals surface area contributed by atoms with Crippen molar-refractivity contribution in [3.8, 4) is 0 Å². The van der Waals surface area contributed by atoms with Crippen LogP contribution in [0.4, 0.5) is 0 Å². The van der Waals surface area contributed by atoms with Crippen LogP contribution in [0.2, 0.25) is 0 Å². The van der Waals surface area contributed by atoms with Gasteiger partial charge in [-0.3, -0.25) is 4.68 Å². The number of hydrogen-bond donors (Lipinski definition) is 1. The van der Waals surface area contributed by atoms with Crippen LogP contribution in [-0.4, -0.2) is 50.0 Å². The zero-order valence-electron chi connectivity index (χ0n) is 11.4. The van der Waals surface area contributed by atoms with Gasteiger partial charge in [-0.15, -0.1) is 0 Å². The van der Waals surface area contributed by atoms with Crippen LogP contribution in [0, 0.1) is 6.92 Å². The van der Waals surface area contributed by atoms with Gasteiger partial charge in [-0.25, -0.2) is 8.42 Å². The highest BCUT2D eigenvalue weighted by atomic mass is 32.2. The van der Waals surface area contributed by atoms with E-state index < -0.39 is 9.84 Å². The molecule has 0 aliphatic carbocycles. The van der Waals surface area contributed by atoms with E-state index in [1.54, 1.807) is 7.11 Å². The van der Waals surface area contributed by atoms with Crippen molar-refractivity contribution in [2.45, 2.75) is 25.9 Å². The lowest BCUT2D eigenvalue weighted by Crippen LogP contribution is -2.19. The third kappa shape index (κ3) is 3.55. The van der Waals surface area contributed by atoms with Crippen LogP contribution in [0.15, 0.2) is 6.20 Å². The summed E-state index contributed by atoms with van der Waals surface area (Å²) in [5.74, 6) is 0.491. The fourth-order valence-electron chi connectivity index (χ4n) is 2.37. The molecule has 1 aliphatic heterocycles. The minimum atomic E-state index is -2.87. The summed E-state index contributed by atoms with van der Waals surface area (Å²) in [5, 5.41) is 7.61. The molecule has 1 unspecified atom stereocenters. The minimum Gasteiger partial charge on any atom is -0.383 e. The molecular weight excluding hydrogens is 266 g/mol. The van der Waals surface area contributed by atoms with E-state index in [-0.39, 0.29) is 17.5 Å². The molecule has 1 aromatic heterocycles. The highest BCUT2D eigenvalue weighted by molar-refractivity contribution is 7.91. The van der Waals surface area contributed by atoms with Gasteiger partial charge in [0.05, 0.1) is 30.4 Å². The fourth-order valence-corrected chi connectivity index (χ4v) is 4.06. The standard InChI is InChI=1S/C12H21N3O3S/c1-10-11(7-13-4-5-18-2)8-14-15(10)12-3-6-19(16,17)9-12/h8,12-13H,3-7,9H2,1-2H3. The molecule has 6 nitrogen and oxygen atoms in total. The van der Waals surface area contributed by atoms with Crippen molar-refractivity contribution in [3.05, 3.63) is 17.5 Å². The largest absolute Gasteiger partial charge is 0.383 e. The Hall–Kier alpha value is -0.920. The Morgan fingerprint density at radius 1 is 1.58 bits per heavy atom. The maximum absolute atomic E-state index is 11.5. The molecule has 1 fully saturated rings. The SMILES string of the molecule is COCCNCc1cnn(C2CCS(=O)(=O)C2)c1C. The van der Waals surface area contributed by atoms with Crippen LogP contribution in [-0.2, 0) is 21.1 Å². The van der Waals surface area contributed by atoms with Gasteiger partial charge in [-0.05, 0) is 13.3 Å². The molecular formula is C12H21N3O3S. The molecule has 0 spiro atoms. The zero-order valence-corrected chi connectivity index (χ0v) is 12.2. The Morgan fingerprint density at radius 3 is 3.00 bits per heavy atom. The van der Waals surface area contributed by atoms with Crippen LogP contribution >= 0.6 is 0 Å². The van der Waals surface area contributed by atoms with Gasteiger partial charge >= 0.3 is 0 Å². The van der Waals surface area contributed by atoms with Gasteiger partial charge in [0, 0.05) is 31.5 Å². The van der Waals surface area contributed by atoms with E-state index in [1.165, 1.54) is 0 Å². The lowest BCUT2D eigenvalue weighted by atomic mass is 10.2. The number of sulfone groups is 1. The number of hydrogen-bond acceptors (Lipinski definition) is 5. The maximum atomic E-state index is 11.5. The number of nitrogens with one attached hydrogen (secondary N) is 1. The predicted molar refractivity (Wildman–Crippen MR) is 72.9 cm³/mol. The van der Waals surface area contributed by atoms with E-state index in [0.29, 0.717) is 13.0 Å². The zero-order chi connectivity index (χ0) is 13.9. The van der Waals surface area contributed by atoms with E-state index in [0.717, 1.165) is 24.3 Å². The van der Waals surface area contributed by atoms with Crippen LogP contribution in [0.3, 0.4) is 0 Å². The Balaban J connectivity index is 1.98. The maximum Gasteiger partial charge on any atom is 0.152 e. The number of nitrogens with zero attached hydrogens (tertiary/aromatic N) is 2. The van der Waals surface area contributed by atoms with Crippen LogP contribution in [0.25, 0.3) is 0 Å². The van der Waals surface area contributed by atoms with Crippen molar-refractivity contribution in [2.75, 3.05) is 31.8 Å². The summed E-state index contributed by atoms with van der Waals surface area (Å²) in [4.78, 5) is 0. The summed E-state index contributed by atoms with van der Waals surface area (Å²) in [7, 11) is -1.20. The van der Waals surface area contributed by atoms with Gasteiger partial charge in [-0.2, -0.15) is 5.10 Å². The molecule has 0 saturated carbocycles. The van der Waals surface area contributed by atoms with Gasteiger partial charge in [0.15, 0.2) is 9.84 Å². The summed E-state index contributed by atoms with van der Waals surface area (Å²) in [6.07, 6.45) is 2.49. The second-order valence-corrected chi connectivity index (χ2v) is 7.15. The molecule has 0 radical (unpaired) electrons. The molecule has 0 amide bonds. The first-order valence-corrected chi connectivity index (χ1v) is 8.28. The van der Waals surface area contributed by atoms with Crippen LogP contribution in [0.1, 0.15) is 23.7 Å². The van der Waals surface area contributed by atoms with Crippen LogP contribution in [0.5, 0.6) is 0 Å². The van der Waals surface area contributed by atoms with Crippen molar-refractivity contribution in [1.82, 2.24) is 15.1 Å². The Bertz CT molecular complexity index is 524. The first-order chi connectivity index (χ1) is 9.03. The van der Waals surface area contributed by atoms with Gasteiger partial charge in [-0.1, -0.05) is 0 Å².